The predicted octanol–water partition coefficient (Wildman–Crippen LogP) is 1.11. The molecule has 0 fully saturated rings. The highest BCUT2D eigenvalue weighted by Gasteiger charge is 2.20. The first-order chi connectivity index (χ1) is 7.95. The Labute approximate surface area is 96.4 Å². The number of hydrogen-bond donors (Lipinski definition) is 2. The van der Waals surface area contributed by atoms with Crippen LogP contribution in [0.2, 0.25) is 0 Å². The number of nitro groups is 1. The van der Waals surface area contributed by atoms with Crippen molar-refractivity contribution in [3.8, 4) is 5.75 Å². The van der Waals surface area contributed by atoms with E-state index < -0.39 is 23.4 Å². The van der Waals surface area contributed by atoms with Crippen LogP contribution >= 0.6 is 0 Å². The summed E-state index contributed by atoms with van der Waals surface area (Å²) in [7, 11) is 1.33. The molecule has 0 saturated carbocycles. The van der Waals surface area contributed by atoms with Crippen molar-refractivity contribution < 1.29 is 24.7 Å². The van der Waals surface area contributed by atoms with Gasteiger partial charge in [-0.1, -0.05) is 0 Å². The Morgan fingerprint density at radius 3 is 2.71 bits per heavy atom. The summed E-state index contributed by atoms with van der Waals surface area (Å²) in [4.78, 5) is 20.4. The maximum atomic E-state index is 10.6. The van der Waals surface area contributed by atoms with Crippen LogP contribution in [0.1, 0.15) is 18.1 Å². The normalized spacial score (nSPS) is 11.9. The Bertz CT molecular complexity index is 444. The van der Waals surface area contributed by atoms with Crippen molar-refractivity contribution in [1.29, 1.82) is 0 Å². The zero-order chi connectivity index (χ0) is 13.0. The molecule has 0 spiro atoms. The zero-order valence-electron chi connectivity index (χ0n) is 8.99. The highest BCUT2D eigenvalue weighted by Crippen LogP contribution is 2.30. The molecule has 1 rings (SSSR count). The van der Waals surface area contributed by atoms with Gasteiger partial charge in [-0.25, -0.2) is 0 Å². The van der Waals surface area contributed by atoms with Gasteiger partial charge in [0.1, 0.15) is 5.75 Å². The van der Waals surface area contributed by atoms with Gasteiger partial charge in [-0.05, 0) is 6.07 Å². The summed E-state index contributed by atoms with van der Waals surface area (Å²) in [6.07, 6.45) is -1.89. The third-order valence-electron chi connectivity index (χ3n) is 2.15. The first kappa shape index (κ1) is 12.9. The van der Waals surface area contributed by atoms with E-state index in [0.717, 1.165) is 6.07 Å². The highest BCUT2D eigenvalue weighted by molar-refractivity contribution is 5.68. The first-order valence-electron chi connectivity index (χ1n) is 4.68. The summed E-state index contributed by atoms with van der Waals surface area (Å²) in [5, 5.41) is 28.7. The van der Waals surface area contributed by atoms with Crippen LogP contribution in [-0.2, 0) is 4.79 Å². The number of aliphatic hydroxyl groups excluding tert-OH is 1. The minimum absolute atomic E-state index is 0.0871. The van der Waals surface area contributed by atoms with E-state index in [1.54, 1.807) is 0 Å². The van der Waals surface area contributed by atoms with Gasteiger partial charge in [-0.2, -0.15) is 0 Å². The van der Waals surface area contributed by atoms with Crippen LogP contribution in [0.3, 0.4) is 0 Å². The number of benzene rings is 1. The topological polar surface area (TPSA) is 110 Å². The number of rotatable bonds is 5. The molecule has 1 aromatic carbocycles. The lowest BCUT2D eigenvalue weighted by atomic mass is 10.0. The van der Waals surface area contributed by atoms with Gasteiger partial charge in [0.05, 0.1) is 24.6 Å². The van der Waals surface area contributed by atoms with Gasteiger partial charge in [-0.3, -0.25) is 14.9 Å². The Balaban J connectivity index is 3.13. The molecule has 1 atom stereocenters. The standard InChI is InChI=1S/C10H11NO6/c1-17-9-3-2-6(11(15)16)4-7(9)8(12)5-10(13)14/h2-4,8,12H,5H2,1H3,(H,13,14). The van der Waals surface area contributed by atoms with Gasteiger partial charge in [0.2, 0.25) is 0 Å². The van der Waals surface area contributed by atoms with Gasteiger partial charge in [0, 0.05) is 17.7 Å². The van der Waals surface area contributed by atoms with Crippen LogP contribution in [0.15, 0.2) is 18.2 Å². The second kappa shape index (κ2) is 5.26. The van der Waals surface area contributed by atoms with Crippen molar-refractivity contribution >= 4 is 11.7 Å². The van der Waals surface area contributed by atoms with Crippen LogP contribution in [0.5, 0.6) is 5.75 Å². The number of aliphatic hydroxyl groups is 1. The van der Waals surface area contributed by atoms with E-state index in [-0.39, 0.29) is 17.0 Å². The molecule has 2 N–H and O–H groups in total. The summed E-state index contributed by atoms with van der Waals surface area (Å²) in [6, 6.07) is 3.64. The smallest absolute Gasteiger partial charge is 0.306 e. The number of carbonyl (C=O) groups is 1. The van der Waals surface area contributed by atoms with E-state index >= 15 is 0 Å². The van der Waals surface area contributed by atoms with Crippen LogP contribution in [0, 0.1) is 10.1 Å². The second-order valence-corrected chi connectivity index (χ2v) is 3.30. The molecule has 7 heteroatoms. The molecule has 0 aliphatic heterocycles. The van der Waals surface area contributed by atoms with Crippen molar-refractivity contribution in [2.75, 3.05) is 7.11 Å². The molecule has 0 aromatic heterocycles. The molecule has 0 amide bonds. The second-order valence-electron chi connectivity index (χ2n) is 3.30. The monoisotopic (exact) mass is 241 g/mol. The summed E-state index contributed by atoms with van der Waals surface area (Å²) in [5.41, 5.74) is -0.144. The van der Waals surface area contributed by atoms with Crippen molar-refractivity contribution in [3.05, 3.63) is 33.9 Å². The van der Waals surface area contributed by atoms with Crippen LogP contribution < -0.4 is 4.74 Å². The molecular weight excluding hydrogens is 230 g/mol. The minimum atomic E-state index is -1.35. The summed E-state index contributed by atoms with van der Waals surface area (Å²) in [5.74, 6) is -0.990. The van der Waals surface area contributed by atoms with Crippen LogP contribution in [-0.4, -0.2) is 28.2 Å². The van der Waals surface area contributed by atoms with E-state index in [2.05, 4.69) is 0 Å². The number of carboxylic acid groups (broad SMARTS) is 1. The Kier molecular flexibility index (Phi) is 4.00. The van der Waals surface area contributed by atoms with Crippen molar-refractivity contribution in [1.82, 2.24) is 0 Å². The largest absolute Gasteiger partial charge is 0.496 e. The molecule has 0 bridgehead atoms. The molecule has 17 heavy (non-hydrogen) atoms. The zero-order valence-corrected chi connectivity index (χ0v) is 8.99. The number of carboxylic acids is 1. The van der Waals surface area contributed by atoms with Gasteiger partial charge < -0.3 is 14.9 Å². The third-order valence-corrected chi connectivity index (χ3v) is 2.15. The van der Waals surface area contributed by atoms with E-state index in [9.17, 15) is 20.0 Å². The number of non-ortho nitro benzene ring substituents is 1. The van der Waals surface area contributed by atoms with Gasteiger partial charge in [0.15, 0.2) is 0 Å². The molecule has 0 aliphatic rings. The fraction of sp³-hybridized carbons (Fsp3) is 0.300. The molecule has 0 heterocycles. The quantitative estimate of drug-likeness (QED) is 0.590. The van der Waals surface area contributed by atoms with E-state index in [1.165, 1.54) is 19.2 Å². The number of ether oxygens (including phenoxy) is 1. The Morgan fingerprint density at radius 2 is 2.24 bits per heavy atom. The number of hydrogen-bond acceptors (Lipinski definition) is 5. The fourth-order valence-corrected chi connectivity index (χ4v) is 1.37. The van der Waals surface area contributed by atoms with E-state index in [4.69, 9.17) is 9.84 Å². The van der Waals surface area contributed by atoms with E-state index in [0.29, 0.717) is 0 Å². The van der Waals surface area contributed by atoms with E-state index in [1.807, 2.05) is 0 Å². The lowest BCUT2D eigenvalue weighted by molar-refractivity contribution is -0.385. The number of methoxy groups -OCH3 is 1. The third kappa shape index (κ3) is 3.15. The summed E-state index contributed by atoms with van der Waals surface area (Å²) in [6.45, 7) is 0. The van der Waals surface area contributed by atoms with Crippen molar-refractivity contribution in [2.45, 2.75) is 12.5 Å². The van der Waals surface area contributed by atoms with Crippen molar-refractivity contribution in [3.63, 3.8) is 0 Å². The number of aliphatic carboxylic acids is 1. The predicted molar refractivity (Wildman–Crippen MR) is 56.9 cm³/mol. The average molecular weight is 241 g/mol. The minimum Gasteiger partial charge on any atom is -0.496 e. The Morgan fingerprint density at radius 1 is 1.59 bits per heavy atom. The molecule has 92 valence electrons. The maximum Gasteiger partial charge on any atom is 0.306 e. The van der Waals surface area contributed by atoms with Gasteiger partial charge in [-0.15, -0.1) is 0 Å². The first-order valence-corrected chi connectivity index (χ1v) is 4.68. The fourth-order valence-electron chi connectivity index (χ4n) is 1.37. The summed E-state index contributed by atoms with van der Waals surface area (Å²) < 4.78 is 4.91. The molecule has 0 aliphatic carbocycles. The molecule has 0 radical (unpaired) electrons. The maximum absolute atomic E-state index is 10.6. The SMILES string of the molecule is COc1ccc([N+](=O)[O-])cc1C(O)CC(=O)O. The molecule has 0 saturated heterocycles. The molecule has 7 nitrogen and oxygen atoms in total. The lowest BCUT2D eigenvalue weighted by Crippen LogP contribution is -2.07. The van der Waals surface area contributed by atoms with Gasteiger partial charge in [0.25, 0.3) is 5.69 Å². The van der Waals surface area contributed by atoms with Gasteiger partial charge >= 0.3 is 5.97 Å². The van der Waals surface area contributed by atoms with Crippen LogP contribution in [0.4, 0.5) is 5.69 Å². The number of nitrogens with zero attached hydrogens (tertiary/aromatic N) is 1. The highest BCUT2D eigenvalue weighted by atomic mass is 16.6. The lowest BCUT2D eigenvalue weighted by Gasteiger charge is -2.12. The Hall–Kier alpha value is -2.15. The molecule has 1 unspecified atom stereocenters. The van der Waals surface area contributed by atoms with Crippen molar-refractivity contribution in [2.24, 2.45) is 0 Å². The summed E-state index contributed by atoms with van der Waals surface area (Å²) >= 11 is 0. The molecule has 1 aromatic rings. The van der Waals surface area contributed by atoms with Crippen LogP contribution in [0.25, 0.3) is 0 Å². The average Bonchev–Trinajstić information content (AvgIpc) is 2.27. The number of nitro benzene ring substituents is 1. The molecular formula is C10H11NO6.